The number of ether oxygens (including phenoxy) is 5. The van der Waals surface area contributed by atoms with E-state index in [1.165, 1.54) is 43.2 Å². The summed E-state index contributed by atoms with van der Waals surface area (Å²) in [6.07, 6.45) is 5.19. The number of carbonyl (C=O) groups is 2. The number of aromatic nitrogens is 5. The Bertz CT molecular complexity index is 2110. The molecular formula is C39H41FN8O8. The van der Waals surface area contributed by atoms with Gasteiger partial charge in [0, 0.05) is 47.8 Å². The van der Waals surface area contributed by atoms with Gasteiger partial charge in [0.1, 0.15) is 30.3 Å². The second-order valence-electron chi connectivity index (χ2n) is 12.6. The zero-order valence-electron chi connectivity index (χ0n) is 30.7. The van der Waals surface area contributed by atoms with Crippen LogP contribution >= 0.6 is 0 Å². The molecule has 0 spiro atoms. The Morgan fingerprint density at radius 1 is 1.02 bits per heavy atom. The molecule has 16 nitrogen and oxygen atoms in total. The predicted molar refractivity (Wildman–Crippen MR) is 200 cm³/mol. The third-order valence-electron chi connectivity index (χ3n) is 8.61. The first kappa shape index (κ1) is 39.1. The number of carbonyl (C=O) groups excluding carboxylic acids is 2. The summed E-state index contributed by atoms with van der Waals surface area (Å²) >= 11 is 0. The van der Waals surface area contributed by atoms with Crippen LogP contribution in [0.2, 0.25) is 0 Å². The second-order valence-corrected chi connectivity index (χ2v) is 12.6. The molecule has 2 atom stereocenters. The standard InChI is InChI=1S/C39H41FN8O8/c1-24(55-39(51)56-28-12-7-4-8-13-28)54-38-46-35(47-48(38)37-42-18-9-19-43-37)33(30-22-29(52-2)23-31(32(30)40)53-21-20-49)44-27-16-14-25(15-17-27)34(41)45-36(50)26-10-5-3-6-11-26/h3,5-6,9-11,14-19,22-24,28,33,44,49H,4,7-8,12-13,20-21H2,1-2H3,(H2,41,45,50)/t24?,33-/m1/s1. The fraction of sp³-hybridized carbons (Fsp3) is 0.308. The third kappa shape index (κ3) is 9.92. The number of nitrogens with one attached hydrogen (secondary N) is 1. The number of aliphatic imine (C=N–C) groups is 1. The lowest BCUT2D eigenvalue weighted by Gasteiger charge is -2.22. The van der Waals surface area contributed by atoms with Gasteiger partial charge in [0.25, 0.3) is 11.9 Å². The molecule has 292 valence electrons. The summed E-state index contributed by atoms with van der Waals surface area (Å²) in [5.41, 5.74) is 7.49. The fourth-order valence-electron chi connectivity index (χ4n) is 5.88. The molecule has 6 rings (SSSR count). The van der Waals surface area contributed by atoms with E-state index in [0.717, 1.165) is 32.1 Å². The van der Waals surface area contributed by atoms with Gasteiger partial charge in [0.05, 0.1) is 13.7 Å². The van der Waals surface area contributed by atoms with Gasteiger partial charge in [-0.15, -0.1) is 9.78 Å². The number of methoxy groups -OCH3 is 1. The average molecular weight is 769 g/mol. The van der Waals surface area contributed by atoms with E-state index in [1.54, 1.807) is 60.7 Å². The van der Waals surface area contributed by atoms with Crippen LogP contribution in [-0.2, 0) is 9.47 Å². The van der Waals surface area contributed by atoms with Gasteiger partial charge in [-0.25, -0.2) is 19.2 Å². The van der Waals surface area contributed by atoms with E-state index in [2.05, 4.69) is 30.4 Å². The molecule has 1 saturated carbocycles. The van der Waals surface area contributed by atoms with Crippen LogP contribution in [0.1, 0.15) is 72.4 Å². The highest BCUT2D eigenvalue weighted by molar-refractivity contribution is 6.08. The molecule has 0 bridgehead atoms. The average Bonchev–Trinajstić information content (AvgIpc) is 3.63. The van der Waals surface area contributed by atoms with Crippen LogP contribution in [0.3, 0.4) is 0 Å². The largest absolute Gasteiger partial charge is 0.511 e. The predicted octanol–water partition coefficient (Wildman–Crippen LogP) is 5.53. The summed E-state index contributed by atoms with van der Waals surface area (Å²) in [6.45, 7) is 0.941. The lowest BCUT2D eigenvalue weighted by molar-refractivity contribution is -0.0723. The van der Waals surface area contributed by atoms with Gasteiger partial charge in [0.2, 0.25) is 6.29 Å². The van der Waals surface area contributed by atoms with Crippen molar-refractivity contribution in [1.29, 1.82) is 0 Å². The number of aliphatic hydroxyl groups excluding tert-OH is 1. The number of amides is 1. The number of aliphatic hydroxyl groups is 1. The maximum absolute atomic E-state index is 16.4. The molecular weight excluding hydrogens is 727 g/mol. The van der Waals surface area contributed by atoms with Crippen molar-refractivity contribution in [2.75, 3.05) is 25.6 Å². The van der Waals surface area contributed by atoms with Gasteiger partial charge in [-0.2, -0.15) is 9.98 Å². The Balaban J connectivity index is 1.35. The second kappa shape index (κ2) is 18.6. The van der Waals surface area contributed by atoms with Gasteiger partial charge in [-0.05, 0) is 74.2 Å². The Labute approximate surface area is 321 Å². The van der Waals surface area contributed by atoms with Crippen molar-refractivity contribution in [2.45, 2.75) is 57.5 Å². The van der Waals surface area contributed by atoms with Crippen molar-refractivity contribution >= 4 is 23.6 Å². The lowest BCUT2D eigenvalue weighted by atomic mass is 9.98. The van der Waals surface area contributed by atoms with Crippen LogP contribution in [0, 0.1) is 5.82 Å². The van der Waals surface area contributed by atoms with Crippen molar-refractivity contribution in [3.63, 3.8) is 0 Å². The van der Waals surface area contributed by atoms with Gasteiger partial charge < -0.3 is 39.8 Å². The Morgan fingerprint density at radius 2 is 1.75 bits per heavy atom. The van der Waals surface area contributed by atoms with E-state index < -0.39 is 30.2 Å². The lowest BCUT2D eigenvalue weighted by Crippen LogP contribution is -2.27. The van der Waals surface area contributed by atoms with Crippen molar-refractivity contribution in [3.05, 3.63) is 114 Å². The highest BCUT2D eigenvalue weighted by atomic mass is 19.1. The molecule has 0 aliphatic heterocycles. The minimum Gasteiger partial charge on any atom is -0.497 e. The first-order chi connectivity index (χ1) is 27.2. The summed E-state index contributed by atoms with van der Waals surface area (Å²) < 4.78 is 45.4. The first-order valence-electron chi connectivity index (χ1n) is 17.9. The molecule has 0 saturated heterocycles. The van der Waals surface area contributed by atoms with E-state index in [9.17, 15) is 14.7 Å². The van der Waals surface area contributed by atoms with Gasteiger partial charge >= 0.3 is 12.2 Å². The van der Waals surface area contributed by atoms with Gasteiger partial charge in [0.15, 0.2) is 17.4 Å². The van der Waals surface area contributed by atoms with Crippen molar-refractivity contribution in [3.8, 4) is 23.5 Å². The van der Waals surface area contributed by atoms with Crippen LogP contribution in [0.4, 0.5) is 14.9 Å². The summed E-state index contributed by atoms with van der Waals surface area (Å²) in [7, 11) is 1.41. The number of hydrogen-bond acceptors (Lipinski definition) is 13. The number of hydrogen-bond donors (Lipinski definition) is 3. The van der Waals surface area contributed by atoms with E-state index >= 15 is 4.39 Å². The van der Waals surface area contributed by atoms with E-state index in [4.69, 9.17) is 29.4 Å². The van der Waals surface area contributed by atoms with Crippen LogP contribution in [0.5, 0.6) is 17.5 Å². The number of nitrogens with two attached hydrogens (primary N) is 1. The SMILES string of the molecule is COc1cc(OCCO)c(F)c([C@@H](Nc2ccc(C(N)=NC(=O)c3ccccc3)cc2)c2nc(OC(C)OC(=O)OC3CCCCC3)n(-c3ncccn3)n2)c1. The number of nitrogens with zero attached hydrogens (tertiary/aromatic N) is 6. The minimum atomic E-state index is -1.20. The summed E-state index contributed by atoms with van der Waals surface area (Å²) in [6, 6.07) is 18.2. The van der Waals surface area contributed by atoms with Crippen molar-refractivity contribution in [1.82, 2.24) is 24.7 Å². The first-order valence-corrected chi connectivity index (χ1v) is 17.9. The monoisotopic (exact) mass is 768 g/mol. The maximum Gasteiger partial charge on any atom is 0.511 e. The summed E-state index contributed by atoms with van der Waals surface area (Å²) in [5.74, 6) is -1.21. The van der Waals surface area contributed by atoms with Crippen LogP contribution in [-0.4, -0.2) is 80.5 Å². The zero-order chi connectivity index (χ0) is 39.4. The maximum atomic E-state index is 16.4. The third-order valence-corrected chi connectivity index (χ3v) is 8.61. The van der Waals surface area contributed by atoms with E-state index in [-0.39, 0.29) is 60.0 Å². The normalized spacial score (nSPS) is 14.3. The Kier molecular flexibility index (Phi) is 13.0. The summed E-state index contributed by atoms with van der Waals surface area (Å²) in [4.78, 5) is 42.5. The van der Waals surface area contributed by atoms with E-state index in [0.29, 0.717) is 16.8 Å². The molecule has 0 radical (unpaired) electrons. The van der Waals surface area contributed by atoms with Gasteiger partial charge in [-0.1, -0.05) is 24.6 Å². The molecule has 1 amide bonds. The number of anilines is 1. The molecule has 2 aromatic heterocycles. The molecule has 4 N–H and O–H groups in total. The highest BCUT2D eigenvalue weighted by Gasteiger charge is 2.30. The molecule has 1 aliphatic carbocycles. The highest BCUT2D eigenvalue weighted by Crippen LogP contribution is 2.36. The Morgan fingerprint density at radius 3 is 2.45 bits per heavy atom. The fourth-order valence-corrected chi connectivity index (χ4v) is 5.88. The molecule has 1 fully saturated rings. The molecule has 56 heavy (non-hydrogen) atoms. The molecule has 2 heterocycles. The van der Waals surface area contributed by atoms with Crippen molar-refractivity contribution in [2.24, 2.45) is 10.7 Å². The number of halogens is 1. The zero-order valence-corrected chi connectivity index (χ0v) is 30.7. The molecule has 3 aromatic carbocycles. The number of benzene rings is 3. The molecule has 1 aliphatic rings. The molecule has 5 aromatic rings. The quantitative estimate of drug-likeness (QED) is 0.0518. The number of rotatable bonds is 15. The van der Waals surface area contributed by atoms with Crippen LogP contribution in [0.25, 0.3) is 5.95 Å². The van der Waals surface area contributed by atoms with E-state index in [1.807, 2.05) is 0 Å². The topological polar surface area (TPSA) is 207 Å². The molecule has 1 unspecified atom stereocenters. The number of amidine groups is 1. The van der Waals surface area contributed by atoms with Crippen molar-refractivity contribution < 1.29 is 42.8 Å². The minimum absolute atomic E-state index is 0.00418. The van der Waals surface area contributed by atoms with Gasteiger partial charge in [-0.3, -0.25) is 4.79 Å². The Hall–Kier alpha value is -6.62. The smallest absolute Gasteiger partial charge is 0.497 e. The summed E-state index contributed by atoms with van der Waals surface area (Å²) in [5, 5.41) is 17.3. The molecule has 17 heteroatoms. The van der Waals surface area contributed by atoms with Crippen LogP contribution < -0.4 is 25.3 Å². The van der Waals surface area contributed by atoms with Crippen LogP contribution in [0.15, 0.2) is 90.2 Å².